The van der Waals surface area contributed by atoms with Gasteiger partial charge in [0.1, 0.15) is 6.54 Å². The van der Waals surface area contributed by atoms with Crippen molar-refractivity contribution in [2.45, 2.75) is 46.3 Å². The molecule has 0 saturated heterocycles. The van der Waals surface area contributed by atoms with Crippen molar-refractivity contribution in [3.05, 3.63) is 97.7 Å². The van der Waals surface area contributed by atoms with Gasteiger partial charge in [-0.05, 0) is 51.5 Å². The van der Waals surface area contributed by atoms with Gasteiger partial charge in [-0.2, -0.15) is 0 Å². The number of nitro benzene ring substituents is 1. The molecule has 2 aromatic carbocycles. The highest BCUT2D eigenvalue weighted by Gasteiger charge is 2.31. The van der Waals surface area contributed by atoms with Crippen molar-refractivity contribution in [1.82, 2.24) is 9.80 Å². The molecule has 0 atom stereocenters. The predicted octanol–water partition coefficient (Wildman–Crippen LogP) is 5.43. The van der Waals surface area contributed by atoms with Crippen LogP contribution >= 0.6 is 11.3 Å². The Labute approximate surface area is 203 Å². The first-order valence-electron chi connectivity index (χ1n) is 11.0. The van der Waals surface area contributed by atoms with Gasteiger partial charge >= 0.3 is 0 Å². The monoisotopic (exact) mass is 479 g/mol. The molecule has 0 aliphatic rings. The number of hydrogen-bond donors (Lipinski definition) is 0. The van der Waals surface area contributed by atoms with E-state index in [0.717, 1.165) is 10.4 Å². The van der Waals surface area contributed by atoms with E-state index in [1.54, 1.807) is 16.2 Å². The van der Waals surface area contributed by atoms with E-state index in [0.29, 0.717) is 13.1 Å². The zero-order valence-corrected chi connectivity index (χ0v) is 20.7. The molecule has 0 spiro atoms. The van der Waals surface area contributed by atoms with Crippen LogP contribution in [0, 0.1) is 17.0 Å². The quantitative estimate of drug-likeness (QED) is 0.318. The second kappa shape index (κ2) is 10.6. The lowest BCUT2D eigenvalue weighted by molar-refractivity contribution is -0.384. The Morgan fingerprint density at radius 2 is 1.68 bits per heavy atom. The third kappa shape index (κ3) is 6.51. The maximum absolute atomic E-state index is 13.6. The van der Waals surface area contributed by atoms with Crippen LogP contribution in [0.15, 0.2) is 66.7 Å². The van der Waals surface area contributed by atoms with Crippen LogP contribution in [0.1, 0.15) is 46.4 Å². The van der Waals surface area contributed by atoms with Crippen molar-refractivity contribution >= 4 is 28.8 Å². The van der Waals surface area contributed by atoms with E-state index in [9.17, 15) is 19.7 Å². The summed E-state index contributed by atoms with van der Waals surface area (Å²) in [5, 5.41) is 11.2. The van der Waals surface area contributed by atoms with Gasteiger partial charge in [0.2, 0.25) is 5.91 Å². The molecular formula is C26H29N3O4S. The van der Waals surface area contributed by atoms with Crippen molar-refractivity contribution in [3.63, 3.8) is 0 Å². The molecule has 0 radical (unpaired) electrons. The van der Waals surface area contributed by atoms with Crippen LogP contribution in [-0.4, -0.2) is 38.6 Å². The highest BCUT2D eigenvalue weighted by atomic mass is 32.1. The molecule has 3 rings (SSSR count). The number of hydrogen-bond acceptors (Lipinski definition) is 5. The summed E-state index contributed by atoms with van der Waals surface area (Å²) >= 11 is 1.64. The fourth-order valence-electron chi connectivity index (χ4n) is 3.55. The second-order valence-electron chi connectivity index (χ2n) is 9.12. The first kappa shape index (κ1) is 25.1. The van der Waals surface area contributed by atoms with Gasteiger partial charge in [-0.3, -0.25) is 19.7 Å². The number of rotatable bonds is 8. The molecule has 0 aliphatic carbocycles. The normalized spacial score (nSPS) is 11.2. The molecule has 0 unspecified atom stereocenters. The number of amides is 2. The first-order valence-corrected chi connectivity index (χ1v) is 11.8. The van der Waals surface area contributed by atoms with Crippen LogP contribution in [0.25, 0.3) is 0 Å². The Kier molecular flexibility index (Phi) is 7.83. The van der Waals surface area contributed by atoms with E-state index < -0.39 is 16.4 Å². The molecule has 0 N–H and O–H groups in total. The lowest BCUT2D eigenvalue weighted by Crippen LogP contribution is -2.51. The zero-order valence-electron chi connectivity index (χ0n) is 19.9. The fraction of sp³-hybridized carbons (Fsp3) is 0.308. The third-order valence-electron chi connectivity index (χ3n) is 5.36. The molecule has 0 saturated carbocycles. The van der Waals surface area contributed by atoms with Gasteiger partial charge in [0.05, 0.1) is 11.5 Å². The van der Waals surface area contributed by atoms with Crippen LogP contribution in [0.5, 0.6) is 0 Å². The molecule has 7 nitrogen and oxygen atoms in total. The van der Waals surface area contributed by atoms with Crippen LogP contribution < -0.4 is 0 Å². The Bertz CT molecular complexity index is 1170. The summed E-state index contributed by atoms with van der Waals surface area (Å²) in [5.41, 5.74) is 0.344. The smallest absolute Gasteiger partial charge is 0.270 e. The molecular weight excluding hydrogens is 450 g/mol. The third-order valence-corrected chi connectivity index (χ3v) is 6.35. The molecule has 0 fully saturated rings. The number of carbonyl (C=O) groups is 2. The molecule has 8 heteroatoms. The number of non-ortho nitro benzene ring substituents is 1. The Morgan fingerprint density at radius 1 is 0.971 bits per heavy atom. The Hall–Kier alpha value is -3.52. The summed E-state index contributed by atoms with van der Waals surface area (Å²) < 4.78 is 0. The first-order chi connectivity index (χ1) is 16.0. The summed E-state index contributed by atoms with van der Waals surface area (Å²) in [6.45, 7) is 8.28. The number of carbonyl (C=O) groups excluding carboxylic acids is 2. The van der Waals surface area contributed by atoms with Gasteiger partial charge in [-0.15, -0.1) is 11.3 Å². The van der Waals surface area contributed by atoms with E-state index in [2.05, 4.69) is 0 Å². The summed E-state index contributed by atoms with van der Waals surface area (Å²) in [4.78, 5) is 43.0. The standard InChI is InChI=1S/C26H29N3O4S/c1-19-13-14-23(34-19)17-27(16-20-9-6-5-7-10-20)24(30)18-28(26(2,3)4)25(31)21-11-8-12-22(15-21)29(32)33/h5-15H,16-18H2,1-4H3. The minimum atomic E-state index is -0.671. The Balaban J connectivity index is 1.87. The van der Waals surface area contributed by atoms with Crippen molar-refractivity contribution in [3.8, 4) is 0 Å². The molecule has 0 aliphatic heterocycles. The van der Waals surface area contributed by atoms with Gasteiger partial charge in [0.25, 0.3) is 11.6 Å². The summed E-state index contributed by atoms with van der Waals surface area (Å²) in [7, 11) is 0. The summed E-state index contributed by atoms with van der Waals surface area (Å²) in [6.07, 6.45) is 0. The topological polar surface area (TPSA) is 83.8 Å². The molecule has 3 aromatic rings. The van der Waals surface area contributed by atoms with E-state index in [1.807, 2.05) is 70.2 Å². The maximum Gasteiger partial charge on any atom is 0.270 e. The van der Waals surface area contributed by atoms with Crippen molar-refractivity contribution in [2.75, 3.05) is 6.54 Å². The van der Waals surface area contributed by atoms with Gasteiger partial charge in [0, 0.05) is 39.5 Å². The fourth-order valence-corrected chi connectivity index (χ4v) is 4.46. The van der Waals surface area contributed by atoms with Crippen molar-refractivity contribution in [2.24, 2.45) is 0 Å². The van der Waals surface area contributed by atoms with Crippen LogP contribution in [0.3, 0.4) is 0 Å². The van der Waals surface area contributed by atoms with Gasteiger partial charge in [0.15, 0.2) is 0 Å². The average Bonchev–Trinajstić information content (AvgIpc) is 3.21. The van der Waals surface area contributed by atoms with Crippen molar-refractivity contribution < 1.29 is 14.5 Å². The van der Waals surface area contributed by atoms with Gasteiger partial charge < -0.3 is 9.80 Å². The highest BCUT2D eigenvalue weighted by Crippen LogP contribution is 2.23. The van der Waals surface area contributed by atoms with Crippen LogP contribution in [0.4, 0.5) is 5.69 Å². The molecule has 2 amide bonds. The van der Waals surface area contributed by atoms with E-state index in [4.69, 9.17) is 0 Å². The second-order valence-corrected chi connectivity index (χ2v) is 10.5. The van der Waals surface area contributed by atoms with E-state index in [1.165, 1.54) is 34.0 Å². The highest BCUT2D eigenvalue weighted by molar-refractivity contribution is 7.11. The number of thiophene rings is 1. The van der Waals surface area contributed by atoms with Crippen LogP contribution in [0.2, 0.25) is 0 Å². The predicted molar refractivity (Wildman–Crippen MR) is 134 cm³/mol. The van der Waals surface area contributed by atoms with Gasteiger partial charge in [-0.1, -0.05) is 36.4 Å². The van der Waals surface area contributed by atoms with E-state index in [-0.39, 0.29) is 23.7 Å². The van der Waals surface area contributed by atoms with Crippen LogP contribution in [-0.2, 0) is 17.9 Å². The minimum absolute atomic E-state index is 0.137. The van der Waals surface area contributed by atoms with Crippen molar-refractivity contribution in [1.29, 1.82) is 0 Å². The average molecular weight is 480 g/mol. The molecule has 0 bridgehead atoms. The molecule has 34 heavy (non-hydrogen) atoms. The number of nitrogens with zero attached hydrogens (tertiary/aromatic N) is 3. The maximum atomic E-state index is 13.6. The molecule has 1 aromatic heterocycles. The lowest BCUT2D eigenvalue weighted by Gasteiger charge is -2.37. The number of aryl methyl sites for hydroxylation is 1. The molecule has 1 heterocycles. The zero-order chi connectivity index (χ0) is 24.9. The Morgan fingerprint density at radius 3 is 2.26 bits per heavy atom. The summed E-state index contributed by atoms with van der Waals surface area (Å²) in [6, 6.07) is 19.4. The van der Waals surface area contributed by atoms with Gasteiger partial charge in [-0.25, -0.2) is 0 Å². The molecule has 178 valence electrons. The SMILES string of the molecule is Cc1ccc(CN(Cc2ccccc2)C(=O)CN(C(=O)c2cccc([N+](=O)[O-])c2)C(C)(C)C)s1. The summed E-state index contributed by atoms with van der Waals surface area (Å²) in [5.74, 6) is -0.611. The van der Waals surface area contributed by atoms with E-state index >= 15 is 0 Å². The largest absolute Gasteiger partial charge is 0.332 e. The number of nitro groups is 1. The minimum Gasteiger partial charge on any atom is -0.332 e. The number of benzene rings is 2. The lowest BCUT2D eigenvalue weighted by atomic mass is 10.0.